The van der Waals surface area contributed by atoms with Crippen molar-refractivity contribution in [1.82, 2.24) is 9.55 Å². The molecular weight excluding hydrogens is 520 g/mol. The van der Waals surface area contributed by atoms with Crippen LogP contribution in [-0.2, 0) is 4.74 Å². The predicted molar refractivity (Wildman–Crippen MR) is 154 cm³/mol. The molecular formula is C33H30N2O6. The molecule has 208 valence electrons. The van der Waals surface area contributed by atoms with Crippen molar-refractivity contribution in [3.05, 3.63) is 115 Å². The van der Waals surface area contributed by atoms with Crippen LogP contribution in [0.3, 0.4) is 0 Å². The van der Waals surface area contributed by atoms with Gasteiger partial charge < -0.3 is 29.9 Å². The maximum absolute atomic E-state index is 10.4. The molecule has 2 heterocycles. The van der Waals surface area contributed by atoms with E-state index < -0.39 is 37.3 Å². The number of imidazole rings is 1. The summed E-state index contributed by atoms with van der Waals surface area (Å²) in [6.45, 7) is -0.528. The molecule has 1 aliphatic heterocycles. The first-order chi connectivity index (χ1) is 20.0. The fourth-order valence-electron chi connectivity index (χ4n) is 5.08. The van der Waals surface area contributed by atoms with Gasteiger partial charge in [0.05, 0.1) is 18.0 Å². The van der Waals surface area contributed by atoms with Gasteiger partial charge in [-0.25, -0.2) is 4.98 Å². The van der Waals surface area contributed by atoms with Crippen LogP contribution in [0.1, 0.15) is 0 Å². The summed E-state index contributed by atoms with van der Waals surface area (Å²) in [6, 6.07) is 37.5. The van der Waals surface area contributed by atoms with E-state index in [1.807, 2.05) is 91.0 Å². The Labute approximate surface area is 237 Å². The molecule has 8 heteroatoms. The zero-order valence-corrected chi connectivity index (χ0v) is 22.1. The van der Waals surface area contributed by atoms with Crippen molar-refractivity contribution in [2.24, 2.45) is 0 Å². The van der Waals surface area contributed by atoms with E-state index in [4.69, 9.17) is 14.5 Å². The second-order valence-electron chi connectivity index (χ2n) is 9.88. The van der Waals surface area contributed by atoms with Crippen molar-refractivity contribution >= 4 is 0 Å². The summed E-state index contributed by atoms with van der Waals surface area (Å²) in [4.78, 5) is 5.17. The van der Waals surface area contributed by atoms with E-state index in [1.54, 1.807) is 12.1 Å². The molecule has 1 fully saturated rings. The Balaban J connectivity index is 1.42. The van der Waals surface area contributed by atoms with E-state index in [0.29, 0.717) is 5.75 Å². The van der Waals surface area contributed by atoms with E-state index in [1.165, 1.54) is 0 Å². The largest absolute Gasteiger partial charge is 0.462 e. The molecule has 1 aromatic heterocycles. The highest BCUT2D eigenvalue weighted by Gasteiger charge is 2.44. The molecule has 1 saturated heterocycles. The number of benzene rings is 4. The standard InChI is InChI=1S/C33H30N2O6/c36-20-26-29(37)30(38)31(39)33(41-26)40-25-18-16-23(17-19-25)32-34-27(21-10-4-1-5-11-21)28(22-12-6-2-7-13-22)35(32)24-14-8-3-9-15-24/h1-19,26,29-31,33,36-39H,20H2. The monoisotopic (exact) mass is 550 g/mol. The molecule has 0 bridgehead atoms. The number of aromatic nitrogens is 2. The topological polar surface area (TPSA) is 117 Å². The second kappa shape index (κ2) is 11.7. The van der Waals surface area contributed by atoms with Crippen LogP contribution in [0.25, 0.3) is 39.6 Å². The van der Waals surface area contributed by atoms with E-state index >= 15 is 0 Å². The maximum Gasteiger partial charge on any atom is 0.229 e. The van der Waals surface area contributed by atoms with Crippen LogP contribution < -0.4 is 4.74 Å². The van der Waals surface area contributed by atoms with Crippen LogP contribution in [0, 0.1) is 0 Å². The van der Waals surface area contributed by atoms with Gasteiger partial charge in [0.1, 0.15) is 36.0 Å². The Hall–Kier alpha value is -4.31. The van der Waals surface area contributed by atoms with E-state index in [0.717, 1.165) is 39.6 Å². The molecule has 0 radical (unpaired) electrons. The fraction of sp³-hybridized carbons (Fsp3) is 0.182. The van der Waals surface area contributed by atoms with Gasteiger partial charge in [-0.3, -0.25) is 4.57 Å². The van der Waals surface area contributed by atoms with Gasteiger partial charge in [-0.1, -0.05) is 78.9 Å². The highest BCUT2D eigenvalue weighted by molar-refractivity contribution is 5.84. The average molecular weight is 551 g/mol. The van der Waals surface area contributed by atoms with Gasteiger partial charge in [-0.2, -0.15) is 0 Å². The van der Waals surface area contributed by atoms with Crippen LogP contribution in [0.2, 0.25) is 0 Å². The van der Waals surface area contributed by atoms with E-state index in [2.05, 4.69) is 16.7 Å². The number of nitrogens with zero attached hydrogens (tertiary/aromatic N) is 2. The van der Waals surface area contributed by atoms with Crippen LogP contribution >= 0.6 is 0 Å². The lowest BCUT2D eigenvalue weighted by molar-refractivity contribution is -0.277. The number of rotatable bonds is 7. The minimum absolute atomic E-state index is 0.377. The van der Waals surface area contributed by atoms with Crippen LogP contribution in [0.5, 0.6) is 5.75 Å². The SMILES string of the molecule is OCC1OC(Oc2ccc(-c3nc(-c4ccccc4)c(-c4ccccc4)n3-c3ccccc3)cc2)C(O)C(O)C1O. The third kappa shape index (κ3) is 5.27. The molecule has 0 spiro atoms. The Morgan fingerprint density at radius 1 is 0.659 bits per heavy atom. The van der Waals surface area contributed by atoms with Gasteiger partial charge in [0.25, 0.3) is 0 Å². The minimum atomic E-state index is -1.52. The summed E-state index contributed by atoms with van der Waals surface area (Å²) >= 11 is 0. The molecule has 6 rings (SSSR count). The smallest absolute Gasteiger partial charge is 0.229 e. The number of hydrogen-bond acceptors (Lipinski definition) is 7. The Morgan fingerprint density at radius 3 is 1.85 bits per heavy atom. The molecule has 4 aromatic carbocycles. The zero-order valence-electron chi connectivity index (χ0n) is 22.1. The summed E-state index contributed by atoms with van der Waals surface area (Å²) in [7, 11) is 0. The van der Waals surface area contributed by atoms with Crippen LogP contribution in [-0.4, -0.2) is 67.3 Å². The number of aliphatic hydroxyl groups is 4. The van der Waals surface area contributed by atoms with Crippen molar-refractivity contribution in [3.63, 3.8) is 0 Å². The molecule has 41 heavy (non-hydrogen) atoms. The first-order valence-corrected chi connectivity index (χ1v) is 13.4. The first-order valence-electron chi connectivity index (χ1n) is 13.4. The minimum Gasteiger partial charge on any atom is -0.462 e. The third-order valence-corrected chi connectivity index (χ3v) is 7.20. The van der Waals surface area contributed by atoms with Gasteiger partial charge >= 0.3 is 0 Å². The van der Waals surface area contributed by atoms with Crippen molar-refractivity contribution in [2.45, 2.75) is 30.7 Å². The molecule has 1 aliphatic rings. The number of hydrogen-bond donors (Lipinski definition) is 4. The lowest BCUT2D eigenvalue weighted by Crippen LogP contribution is -2.60. The summed E-state index contributed by atoms with van der Waals surface area (Å²) in [6.07, 6.45) is -6.78. The van der Waals surface area contributed by atoms with Crippen molar-refractivity contribution < 1.29 is 29.9 Å². The van der Waals surface area contributed by atoms with E-state index in [-0.39, 0.29) is 0 Å². The average Bonchev–Trinajstić information content (AvgIpc) is 3.44. The van der Waals surface area contributed by atoms with Crippen molar-refractivity contribution in [2.75, 3.05) is 6.61 Å². The predicted octanol–water partition coefficient (Wildman–Crippen LogP) is 4.05. The number of aliphatic hydroxyl groups excluding tert-OH is 4. The van der Waals surface area contributed by atoms with Crippen LogP contribution in [0.4, 0.5) is 0 Å². The molecule has 4 N–H and O–H groups in total. The third-order valence-electron chi connectivity index (χ3n) is 7.20. The fourth-order valence-corrected chi connectivity index (χ4v) is 5.08. The van der Waals surface area contributed by atoms with Gasteiger partial charge in [0.2, 0.25) is 6.29 Å². The molecule has 8 nitrogen and oxygen atoms in total. The molecule has 0 saturated carbocycles. The normalized spacial score (nSPS) is 22.4. The summed E-state index contributed by atoms with van der Waals surface area (Å²) in [5, 5.41) is 40.0. The highest BCUT2D eigenvalue weighted by atomic mass is 16.7. The molecule has 0 amide bonds. The van der Waals surface area contributed by atoms with Crippen molar-refractivity contribution in [3.8, 4) is 45.3 Å². The Kier molecular flexibility index (Phi) is 7.65. The molecule has 5 atom stereocenters. The summed E-state index contributed by atoms with van der Waals surface area (Å²) < 4.78 is 13.4. The Bertz CT molecular complexity index is 1570. The van der Waals surface area contributed by atoms with E-state index in [9.17, 15) is 20.4 Å². The lowest BCUT2D eigenvalue weighted by Gasteiger charge is -2.39. The van der Waals surface area contributed by atoms with Gasteiger partial charge in [0.15, 0.2) is 0 Å². The highest BCUT2D eigenvalue weighted by Crippen LogP contribution is 2.39. The summed E-state index contributed by atoms with van der Waals surface area (Å²) in [5.74, 6) is 1.11. The Morgan fingerprint density at radius 2 is 1.24 bits per heavy atom. The van der Waals surface area contributed by atoms with Gasteiger partial charge in [0, 0.05) is 22.4 Å². The molecule has 0 aliphatic carbocycles. The first kappa shape index (κ1) is 26.9. The lowest BCUT2D eigenvalue weighted by atomic mass is 9.99. The second-order valence-corrected chi connectivity index (χ2v) is 9.88. The zero-order chi connectivity index (χ0) is 28.3. The molecule has 5 unspecified atom stereocenters. The van der Waals surface area contributed by atoms with Gasteiger partial charge in [-0.05, 0) is 36.4 Å². The van der Waals surface area contributed by atoms with Crippen molar-refractivity contribution in [1.29, 1.82) is 0 Å². The number of para-hydroxylation sites is 1. The maximum atomic E-state index is 10.4. The quantitative estimate of drug-likeness (QED) is 0.242. The number of ether oxygens (including phenoxy) is 2. The van der Waals surface area contributed by atoms with Crippen LogP contribution in [0.15, 0.2) is 115 Å². The molecule has 5 aromatic rings. The summed E-state index contributed by atoms with van der Waals surface area (Å²) in [5.41, 5.74) is 5.60. The van der Waals surface area contributed by atoms with Gasteiger partial charge in [-0.15, -0.1) is 0 Å².